The van der Waals surface area contributed by atoms with Crippen LogP contribution in [0.3, 0.4) is 0 Å². The van der Waals surface area contributed by atoms with Gasteiger partial charge in [0, 0.05) is 0 Å². The van der Waals surface area contributed by atoms with Crippen molar-refractivity contribution in [3.8, 4) is 0 Å². The van der Waals surface area contributed by atoms with E-state index < -0.39 is 21.1 Å². The van der Waals surface area contributed by atoms with Gasteiger partial charge in [0.2, 0.25) is 0 Å². The van der Waals surface area contributed by atoms with Crippen molar-refractivity contribution in [3.63, 3.8) is 0 Å². The number of rotatable bonds is 2. The molecule has 2 nitrogen and oxygen atoms in total. The summed E-state index contributed by atoms with van der Waals surface area (Å²) in [6, 6.07) is 0. The van der Waals surface area contributed by atoms with E-state index in [9.17, 15) is 4.79 Å². The van der Waals surface area contributed by atoms with Crippen molar-refractivity contribution in [2.45, 2.75) is 23.2 Å². The van der Waals surface area contributed by atoms with Crippen LogP contribution in [0.5, 0.6) is 0 Å². The summed E-state index contributed by atoms with van der Waals surface area (Å²) < 4.78 is 1.23. The molecule has 0 aromatic heterocycles. The van der Waals surface area contributed by atoms with Crippen molar-refractivity contribution in [2.24, 2.45) is 0 Å². The fourth-order valence-electron chi connectivity index (χ4n) is 0.810. The van der Waals surface area contributed by atoms with Crippen LogP contribution >= 0.6 is 0 Å². The summed E-state index contributed by atoms with van der Waals surface area (Å²) in [5.41, 5.74) is 0. The molecule has 1 aliphatic carbocycles. The van der Waals surface area contributed by atoms with E-state index in [1.54, 1.807) is 7.05 Å². The molecule has 0 spiro atoms. The molecule has 3 heteroatoms. The Morgan fingerprint density at radius 1 is 1.67 bits per heavy atom. The standard InChI is InChI=1S/C4H7.C2H4NO.Sn/c1-2-4-3-1;1-3-2-4;/h1H,2-4H2;1H3,(H,3,4);. The Labute approximate surface area is 65.6 Å². The molecule has 9 heavy (non-hydrogen) atoms. The minimum absolute atomic E-state index is 0.364. The van der Waals surface area contributed by atoms with E-state index in [2.05, 4.69) is 5.32 Å². The van der Waals surface area contributed by atoms with Crippen LogP contribution in [0.4, 0.5) is 4.79 Å². The van der Waals surface area contributed by atoms with Crippen LogP contribution in [0.1, 0.15) is 19.3 Å². The number of carbonyl (C=O) groups is 1. The fourth-order valence-corrected chi connectivity index (χ4v) is 4.27. The molecule has 0 saturated heterocycles. The molecule has 1 rings (SSSR count). The molecule has 0 aromatic carbocycles. The Kier molecular flexibility index (Phi) is 2.82. The molecule has 1 amide bonds. The van der Waals surface area contributed by atoms with Crippen LogP contribution < -0.4 is 5.32 Å². The fraction of sp³-hybridized carbons (Fsp3) is 0.833. The zero-order valence-corrected chi connectivity index (χ0v) is 8.46. The van der Waals surface area contributed by atoms with Gasteiger partial charge in [0.05, 0.1) is 0 Å². The summed E-state index contributed by atoms with van der Waals surface area (Å²) >= 11 is -0.661. The van der Waals surface area contributed by atoms with E-state index in [4.69, 9.17) is 0 Å². The van der Waals surface area contributed by atoms with Gasteiger partial charge < -0.3 is 0 Å². The second kappa shape index (κ2) is 3.44. The van der Waals surface area contributed by atoms with Crippen molar-refractivity contribution >= 4 is 25.1 Å². The Balaban J connectivity index is 2.09. The Morgan fingerprint density at radius 2 is 2.33 bits per heavy atom. The first-order valence-corrected chi connectivity index (χ1v) is 6.38. The van der Waals surface area contributed by atoms with E-state index in [0.717, 1.165) is 3.93 Å². The second-order valence-corrected chi connectivity index (χ2v) is 6.80. The van der Waals surface area contributed by atoms with Crippen LogP contribution in [0.2, 0.25) is 3.93 Å². The molecule has 1 fully saturated rings. The van der Waals surface area contributed by atoms with E-state index in [-0.39, 0.29) is 0 Å². The molecule has 1 aliphatic rings. The van der Waals surface area contributed by atoms with Crippen LogP contribution in [0.25, 0.3) is 0 Å². The number of carbonyl (C=O) groups excluding carboxylic acids is 1. The number of nitrogens with one attached hydrogen (secondary N) is 1. The van der Waals surface area contributed by atoms with E-state index in [0.29, 0.717) is 3.92 Å². The first-order chi connectivity index (χ1) is 4.33. The average molecular weight is 232 g/mol. The maximum absolute atomic E-state index is 10.8. The van der Waals surface area contributed by atoms with E-state index in [1.165, 1.54) is 19.3 Å². The Morgan fingerprint density at radius 3 is 2.67 bits per heavy atom. The van der Waals surface area contributed by atoms with Gasteiger partial charge in [0.1, 0.15) is 0 Å². The molecule has 50 valence electrons. The number of amides is 1. The van der Waals surface area contributed by atoms with Crippen molar-refractivity contribution < 1.29 is 4.79 Å². The molecular weight excluding hydrogens is 221 g/mol. The topological polar surface area (TPSA) is 29.1 Å². The number of hydrogen-bond acceptors (Lipinski definition) is 1. The molecule has 1 N–H and O–H groups in total. The van der Waals surface area contributed by atoms with Crippen molar-refractivity contribution in [1.82, 2.24) is 5.32 Å². The van der Waals surface area contributed by atoms with Gasteiger partial charge in [-0.2, -0.15) is 0 Å². The summed E-state index contributed by atoms with van der Waals surface area (Å²) in [6.45, 7) is 0. The third-order valence-electron chi connectivity index (χ3n) is 1.67. The molecule has 0 unspecified atom stereocenters. The quantitative estimate of drug-likeness (QED) is 0.707. The zero-order valence-electron chi connectivity index (χ0n) is 5.61. The second-order valence-electron chi connectivity index (χ2n) is 2.35. The average Bonchev–Trinajstić information content (AvgIpc) is 1.78. The molecular formula is C6H11NOSn. The summed E-state index contributed by atoms with van der Waals surface area (Å²) in [5.74, 6) is 0. The maximum atomic E-state index is 10.8. The van der Waals surface area contributed by atoms with Crippen LogP contribution in [-0.2, 0) is 0 Å². The van der Waals surface area contributed by atoms with Crippen LogP contribution in [0, 0.1) is 0 Å². The molecule has 0 atom stereocenters. The molecule has 1 saturated carbocycles. The third kappa shape index (κ3) is 2.16. The summed E-state index contributed by atoms with van der Waals surface area (Å²) in [6.07, 6.45) is 4.03. The Hall–Kier alpha value is 0.269. The SMILES string of the molecule is CN[C](=O)[Sn][CH]1CCC1. The molecule has 0 aliphatic heterocycles. The molecule has 0 aromatic rings. The summed E-state index contributed by atoms with van der Waals surface area (Å²) in [7, 11) is 1.74. The van der Waals surface area contributed by atoms with Crippen LogP contribution in [-0.4, -0.2) is 32.1 Å². The van der Waals surface area contributed by atoms with Gasteiger partial charge in [0.25, 0.3) is 0 Å². The predicted octanol–water partition coefficient (Wildman–Crippen LogP) is 1.00. The van der Waals surface area contributed by atoms with Gasteiger partial charge in [0.15, 0.2) is 0 Å². The first-order valence-electron chi connectivity index (χ1n) is 3.31. The van der Waals surface area contributed by atoms with Crippen LogP contribution in [0.15, 0.2) is 0 Å². The van der Waals surface area contributed by atoms with Gasteiger partial charge in [-0.1, -0.05) is 0 Å². The van der Waals surface area contributed by atoms with Crippen molar-refractivity contribution in [2.75, 3.05) is 7.05 Å². The monoisotopic (exact) mass is 233 g/mol. The summed E-state index contributed by atoms with van der Waals surface area (Å²) in [4.78, 5) is 10.8. The van der Waals surface area contributed by atoms with Gasteiger partial charge in [-0.25, -0.2) is 0 Å². The van der Waals surface area contributed by atoms with E-state index in [1.807, 2.05) is 0 Å². The molecule has 0 bridgehead atoms. The third-order valence-corrected chi connectivity index (χ3v) is 5.94. The van der Waals surface area contributed by atoms with E-state index >= 15 is 0 Å². The van der Waals surface area contributed by atoms with Gasteiger partial charge in [-0.05, 0) is 0 Å². The minimum atomic E-state index is -0.661. The predicted molar refractivity (Wildman–Crippen MR) is 37.8 cm³/mol. The van der Waals surface area contributed by atoms with Crippen molar-refractivity contribution in [3.05, 3.63) is 0 Å². The van der Waals surface area contributed by atoms with Crippen molar-refractivity contribution in [1.29, 1.82) is 0 Å². The molecule has 0 heterocycles. The number of hydrogen-bond donors (Lipinski definition) is 1. The van der Waals surface area contributed by atoms with Gasteiger partial charge in [-0.15, -0.1) is 0 Å². The summed E-state index contributed by atoms with van der Waals surface area (Å²) in [5, 5.41) is 2.70. The molecule has 2 radical (unpaired) electrons. The van der Waals surface area contributed by atoms with Gasteiger partial charge in [-0.3, -0.25) is 0 Å². The van der Waals surface area contributed by atoms with Gasteiger partial charge >= 0.3 is 65.4 Å². The normalized spacial score (nSPS) is 18.8. The Bertz CT molecular complexity index is 112. The zero-order chi connectivity index (χ0) is 6.69. The first kappa shape index (κ1) is 7.38.